The molecule has 5 nitrogen and oxygen atoms in total. The van der Waals surface area contributed by atoms with E-state index < -0.39 is 17.9 Å². The van der Waals surface area contributed by atoms with Crippen LogP contribution < -0.4 is 0 Å². The average molecular weight is 299 g/mol. The van der Waals surface area contributed by atoms with Crippen molar-refractivity contribution < 1.29 is 19.2 Å². The zero-order chi connectivity index (χ0) is 16.0. The van der Waals surface area contributed by atoms with Gasteiger partial charge in [0.2, 0.25) is 0 Å². The number of fused-ring (bicyclic) bond motifs is 1. The molecular formula is C17H17NO4. The number of ketones is 2. The fraction of sp³-hybridized carbons (Fsp3) is 0.412. The molecule has 2 amide bonds. The van der Waals surface area contributed by atoms with Crippen molar-refractivity contribution in [1.82, 2.24) is 4.90 Å². The predicted octanol–water partition coefficient (Wildman–Crippen LogP) is 2.10. The molecule has 1 heterocycles. The molecule has 1 aromatic carbocycles. The van der Waals surface area contributed by atoms with Gasteiger partial charge in [-0.05, 0) is 30.0 Å². The van der Waals surface area contributed by atoms with Crippen LogP contribution in [-0.2, 0) is 9.59 Å². The summed E-state index contributed by atoms with van der Waals surface area (Å²) in [7, 11) is 0. The third-order valence-corrected chi connectivity index (χ3v) is 4.36. The summed E-state index contributed by atoms with van der Waals surface area (Å²) in [6.07, 6.45) is 0.288. The Hall–Kier alpha value is -2.30. The highest BCUT2D eigenvalue weighted by Gasteiger charge is 2.44. The fourth-order valence-corrected chi connectivity index (χ4v) is 3.05. The molecule has 0 N–H and O–H groups in total. The summed E-state index contributed by atoms with van der Waals surface area (Å²) in [5.41, 5.74) is 1.69. The maximum absolute atomic E-state index is 12.6. The molecule has 114 valence electrons. The van der Waals surface area contributed by atoms with Gasteiger partial charge in [0.25, 0.3) is 11.8 Å². The van der Waals surface area contributed by atoms with Gasteiger partial charge in [-0.2, -0.15) is 0 Å². The first kappa shape index (κ1) is 14.6. The van der Waals surface area contributed by atoms with Crippen LogP contribution in [0.3, 0.4) is 0 Å². The maximum Gasteiger partial charge on any atom is 0.262 e. The standard InChI is InChI=1S/C17H17NO4/c1-9(2)10-3-5-12-13(7-10)17(22)18(16(12)21)14-6-4-11(19)8-15(14)20/h3,5,7,9,14H,4,6,8H2,1-2H3/t14-/m0/s1. The summed E-state index contributed by atoms with van der Waals surface area (Å²) in [6, 6.07) is 4.43. The summed E-state index contributed by atoms with van der Waals surface area (Å²) in [4.78, 5) is 49.5. The van der Waals surface area contributed by atoms with Crippen LogP contribution in [0.4, 0.5) is 0 Å². The molecule has 0 aromatic heterocycles. The molecule has 1 fully saturated rings. The Balaban J connectivity index is 1.96. The normalized spacial score (nSPS) is 21.8. The smallest absolute Gasteiger partial charge is 0.262 e. The summed E-state index contributed by atoms with van der Waals surface area (Å²) >= 11 is 0. The first-order valence-corrected chi connectivity index (χ1v) is 7.46. The zero-order valence-electron chi connectivity index (χ0n) is 12.6. The van der Waals surface area contributed by atoms with Crippen LogP contribution in [0.15, 0.2) is 18.2 Å². The van der Waals surface area contributed by atoms with E-state index in [1.54, 1.807) is 12.1 Å². The molecule has 0 unspecified atom stereocenters. The summed E-state index contributed by atoms with van der Waals surface area (Å²) in [6.45, 7) is 4.02. The van der Waals surface area contributed by atoms with Crippen molar-refractivity contribution in [2.45, 2.75) is 45.1 Å². The number of carbonyl (C=O) groups excluding carboxylic acids is 4. The molecule has 5 heteroatoms. The van der Waals surface area contributed by atoms with Crippen molar-refractivity contribution >= 4 is 23.4 Å². The number of amides is 2. The highest BCUT2D eigenvalue weighted by molar-refractivity contribution is 6.23. The molecule has 0 spiro atoms. The third kappa shape index (κ3) is 2.17. The Morgan fingerprint density at radius 1 is 1.05 bits per heavy atom. The van der Waals surface area contributed by atoms with Crippen molar-refractivity contribution in [2.24, 2.45) is 0 Å². The van der Waals surface area contributed by atoms with Gasteiger partial charge in [-0.25, -0.2) is 0 Å². The number of carbonyl (C=O) groups is 4. The van der Waals surface area contributed by atoms with Gasteiger partial charge in [0.1, 0.15) is 5.78 Å². The van der Waals surface area contributed by atoms with E-state index in [2.05, 4.69) is 0 Å². The maximum atomic E-state index is 12.6. The largest absolute Gasteiger partial charge is 0.299 e. The van der Waals surface area contributed by atoms with E-state index in [0.717, 1.165) is 10.5 Å². The summed E-state index contributed by atoms with van der Waals surface area (Å²) < 4.78 is 0. The quantitative estimate of drug-likeness (QED) is 0.619. The highest BCUT2D eigenvalue weighted by Crippen LogP contribution is 2.30. The Labute approximate surface area is 128 Å². The first-order valence-electron chi connectivity index (χ1n) is 7.46. The molecule has 1 saturated carbocycles. The minimum atomic E-state index is -0.799. The van der Waals surface area contributed by atoms with Gasteiger partial charge in [0, 0.05) is 6.42 Å². The first-order chi connectivity index (χ1) is 10.4. The zero-order valence-corrected chi connectivity index (χ0v) is 12.6. The molecule has 2 aliphatic rings. The Kier molecular flexibility index (Phi) is 3.43. The van der Waals surface area contributed by atoms with Crippen molar-refractivity contribution in [3.05, 3.63) is 34.9 Å². The van der Waals surface area contributed by atoms with Gasteiger partial charge < -0.3 is 0 Å². The van der Waals surface area contributed by atoms with Crippen molar-refractivity contribution in [2.75, 3.05) is 0 Å². The van der Waals surface area contributed by atoms with Crippen LogP contribution >= 0.6 is 0 Å². The lowest BCUT2D eigenvalue weighted by atomic mass is 9.92. The second-order valence-corrected chi connectivity index (χ2v) is 6.18. The van der Waals surface area contributed by atoms with E-state index in [0.29, 0.717) is 11.1 Å². The number of nitrogens with zero attached hydrogens (tertiary/aromatic N) is 1. The number of imide groups is 1. The summed E-state index contributed by atoms with van der Waals surface area (Å²) in [5.74, 6) is -1.07. The Morgan fingerprint density at radius 2 is 1.73 bits per heavy atom. The second-order valence-electron chi connectivity index (χ2n) is 6.18. The van der Waals surface area contributed by atoms with Gasteiger partial charge in [-0.15, -0.1) is 0 Å². The van der Waals surface area contributed by atoms with Crippen LogP contribution in [0, 0.1) is 0 Å². The second kappa shape index (κ2) is 5.16. The number of hydrogen-bond donors (Lipinski definition) is 0. The van der Waals surface area contributed by atoms with Crippen LogP contribution in [0.25, 0.3) is 0 Å². The van der Waals surface area contributed by atoms with E-state index in [1.807, 2.05) is 19.9 Å². The van der Waals surface area contributed by atoms with Gasteiger partial charge in [0.05, 0.1) is 23.6 Å². The van der Waals surface area contributed by atoms with E-state index >= 15 is 0 Å². The lowest BCUT2D eigenvalue weighted by molar-refractivity contribution is -0.132. The number of benzene rings is 1. The van der Waals surface area contributed by atoms with Crippen molar-refractivity contribution in [3.8, 4) is 0 Å². The third-order valence-electron chi connectivity index (χ3n) is 4.36. The molecule has 22 heavy (non-hydrogen) atoms. The molecule has 0 bridgehead atoms. The molecule has 1 aliphatic heterocycles. The number of rotatable bonds is 2. The lowest BCUT2D eigenvalue weighted by Crippen LogP contribution is -2.47. The van der Waals surface area contributed by atoms with Crippen LogP contribution in [-0.4, -0.2) is 34.3 Å². The molecule has 0 saturated heterocycles. The highest BCUT2D eigenvalue weighted by atomic mass is 16.2. The van der Waals surface area contributed by atoms with Gasteiger partial charge in [-0.3, -0.25) is 24.1 Å². The van der Waals surface area contributed by atoms with Crippen molar-refractivity contribution in [3.63, 3.8) is 0 Å². The van der Waals surface area contributed by atoms with Gasteiger partial charge >= 0.3 is 0 Å². The van der Waals surface area contributed by atoms with Crippen LogP contribution in [0.2, 0.25) is 0 Å². The SMILES string of the molecule is CC(C)c1ccc2c(c1)C(=O)N([C@H]1CCC(=O)CC1=O)C2=O. The Bertz CT molecular complexity index is 705. The molecular weight excluding hydrogens is 282 g/mol. The predicted molar refractivity (Wildman–Crippen MR) is 78.7 cm³/mol. The minimum Gasteiger partial charge on any atom is -0.299 e. The molecule has 1 aromatic rings. The monoisotopic (exact) mass is 299 g/mol. The molecule has 1 aliphatic carbocycles. The van der Waals surface area contributed by atoms with E-state index in [1.165, 1.54) is 0 Å². The van der Waals surface area contributed by atoms with Gasteiger partial charge in [-0.1, -0.05) is 19.9 Å². The minimum absolute atomic E-state index is 0.125. The van der Waals surface area contributed by atoms with Gasteiger partial charge in [0.15, 0.2) is 5.78 Å². The molecule has 0 radical (unpaired) electrons. The molecule has 3 rings (SSSR count). The van der Waals surface area contributed by atoms with Crippen LogP contribution in [0.5, 0.6) is 0 Å². The molecule has 1 atom stereocenters. The number of hydrogen-bond acceptors (Lipinski definition) is 4. The lowest BCUT2D eigenvalue weighted by Gasteiger charge is -2.27. The summed E-state index contributed by atoms with van der Waals surface area (Å²) in [5, 5.41) is 0. The van der Waals surface area contributed by atoms with E-state index in [4.69, 9.17) is 0 Å². The van der Waals surface area contributed by atoms with Crippen LogP contribution in [0.1, 0.15) is 65.3 Å². The number of Topliss-reactive ketones (excluding diaryl/α,β-unsaturated/α-hetero) is 2. The van der Waals surface area contributed by atoms with E-state index in [-0.39, 0.29) is 36.7 Å². The van der Waals surface area contributed by atoms with Crippen molar-refractivity contribution in [1.29, 1.82) is 0 Å². The average Bonchev–Trinajstić information content (AvgIpc) is 2.71. The topological polar surface area (TPSA) is 71.5 Å². The fourth-order valence-electron chi connectivity index (χ4n) is 3.05. The Morgan fingerprint density at radius 3 is 2.36 bits per heavy atom. The van der Waals surface area contributed by atoms with E-state index in [9.17, 15) is 19.2 Å².